The number of para-hydroxylation sites is 2. The van der Waals surface area contributed by atoms with E-state index in [1.165, 1.54) is 4.90 Å². The number of fused-ring (bicyclic) bond motifs is 2. The van der Waals surface area contributed by atoms with E-state index in [9.17, 15) is 9.59 Å². The minimum Gasteiger partial charge on any atom is -0.333 e. The Kier molecular flexibility index (Phi) is 4.75. The van der Waals surface area contributed by atoms with Gasteiger partial charge >= 0.3 is 0 Å². The van der Waals surface area contributed by atoms with E-state index in [0.717, 1.165) is 41.2 Å². The van der Waals surface area contributed by atoms with Gasteiger partial charge in [-0.25, -0.2) is 4.98 Å². The molecule has 6 heteroatoms. The number of H-pyrrole nitrogens is 1. The number of unbranched alkanes of at least 4 members (excludes halogenated alkanes) is 2. The molecule has 0 fully saturated rings. The van der Waals surface area contributed by atoms with Gasteiger partial charge in [0.2, 0.25) is 0 Å². The first-order chi connectivity index (χ1) is 12.7. The van der Waals surface area contributed by atoms with Crippen molar-refractivity contribution in [1.82, 2.24) is 14.9 Å². The van der Waals surface area contributed by atoms with Gasteiger partial charge in [0.15, 0.2) is 5.16 Å². The highest BCUT2D eigenvalue weighted by atomic mass is 32.2. The molecule has 1 N–H and O–H groups in total. The number of benzene rings is 2. The zero-order valence-corrected chi connectivity index (χ0v) is 15.1. The number of nitrogens with zero attached hydrogens (tertiary/aromatic N) is 2. The van der Waals surface area contributed by atoms with Crippen molar-refractivity contribution in [2.75, 3.05) is 12.3 Å². The summed E-state index contributed by atoms with van der Waals surface area (Å²) in [6, 6.07) is 15.0. The molecular weight excluding hydrogens is 346 g/mol. The molecule has 0 atom stereocenters. The van der Waals surface area contributed by atoms with E-state index in [0.29, 0.717) is 17.7 Å². The van der Waals surface area contributed by atoms with Crippen LogP contribution in [0.3, 0.4) is 0 Å². The van der Waals surface area contributed by atoms with Gasteiger partial charge in [-0.3, -0.25) is 14.5 Å². The lowest BCUT2D eigenvalue weighted by molar-refractivity contribution is 0.0651. The Hall–Kier alpha value is -2.60. The van der Waals surface area contributed by atoms with Crippen molar-refractivity contribution in [3.63, 3.8) is 0 Å². The number of aromatic nitrogens is 2. The second-order valence-corrected chi connectivity index (χ2v) is 7.36. The van der Waals surface area contributed by atoms with Crippen LogP contribution < -0.4 is 0 Å². The van der Waals surface area contributed by atoms with Crippen LogP contribution in [0.5, 0.6) is 0 Å². The lowest BCUT2D eigenvalue weighted by atomic mass is 10.1. The first-order valence-corrected chi connectivity index (χ1v) is 9.75. The van der Waals surface area contributed by atoms with Crippen LogP contribution in [0.2, 0.25) is 0 Å². The first-order valence-electron chi connectivity index (χ1n) is 8.77. The van der Waals surface area contributed by atoms with Crippen LogP contribution in [0.15, 0.2) is 53.7 Å². The largest absolute Gasteiger partial charge is 0.333 e. The Labute approximate surface area is 155 Å². The minimum absolute atomic E-state index is 0.165. The number of thioether (sulfide) groups is 1. The Morgan fingerprint density at radius 3 is 2.31 bits per heavy atom. The molecule has 26 heavy (non-hydrogen) atoms. The number of hydrogen-bond acceptors (Lipinski definition) is 4. The Morgan fingerprint density at radius 1 is 0.885 bits per heavy atom. The van der Waals surface area contributed by atoms with Crippen LogP contribution in [-0.2, 0) is 0 Å². The van der Waals surface area contributed by atoms with E-state index in [1.54, 1.807) is 36.0 Å². The zero-order chi connectivity index (χ0) is 17.9. The van der Waals surface area contributed by atoms with Crippen LogP contribution in [0, 0.1) is 0 Å². The van der Waals surface area contributed by atoms with Crippen molar-refractivity contribution < 1.29 is 9.59 Å². The van der Waals surface area contributed by atoms with Crippen LogP contribution in [0.1, 0.15) is 40.0 Å². The van der Waals surface area contributed by atoms with Gasteiger partial charge in [0.05, 0.1) is 22.2 Å². The molecule has 5 nitrogen and oxygen atoms in total. The summed E-state index contributed by atoms with van der Waals surface area (Å²) in [5.41, 5.74) is 3.09. The summed E-state index contributed by atoms with van der Waals surface area (Å²) in [5, 5.41) is 0.937. The quantitative estimate of drug-likeness (QED) is 0.388. The van der Waals surface area contributed by atoms with E-state index in [4.69, 9.17) is 0 Å². The van der Waals surface area contributed by atoms with E-state index in [1.807, 2.05) is 24.3 Å². The highest BCUT2D eigenvalue weighted by molar-refractivity contribution is 7.99. The van der Waals surface area contributed by atoms with Gasteiger partial charge < -0.3 is 4.98 Å². The second-order valence-electron chi connectivity index (χ2n) is 6.28. The van der Waals surface area contributed by atoms with E-state index < -0.39 is 0 Å². The van der Waals surface area contributed by atoms with Gasteiger partial charge in [-0.1, -0.05) is 42.4 Å². The first kappa shape index (κ1) is 16.8. The fourth-order valence-electron chi connectivity index (χ4n) is 3.16. The van der Waals surface area contributed by atoms with Crippen LogP contribution in [0.25, 0.3) is 11.0 Å². The summed E-state index contributed by atoms with van der Waals surface area (Å²) < 4.78 is 0. The molecule has 0 aliphatic carbocycles. The maximum Gasteiger partial charge on any atom is 0.261 e. The normalized spacial score (nSPS) is 13.6. The van der Waals surface area contributed by atoms with Gasteiger partial charge in [0, 0.05) is 12.3 Å². The smallest absolute Gasteiger partial charge is 0.261 e. The van der Waals surface area contributed by atoms with Crippen LogP contribution >= 0.6 is 11.8 Å². The maximum absolute atomic E-state index is 12.3. The highest BCUT2D eigenvalue weighted by Gasteiger charge is 2.34. The number of nitrogens with one attached hydrogen (secondary N) is 1. The lowest BCUT2D eigenvalue weighted by Gasteiger charge is -2.13. The molecule has 0 saturated heterocycles. The topological polar surface area (TPSA) is 66.1 Å². The summed E-state index contributed by atoms with van der Waals surface area (Å²) in [5.74, 6) is 0.631. The Bertz CT molecular complexity index is 898. The molecule has 0 radical (unpaired) electrons. The molecule has 0 saturated carbocycles. The summed E-state index contributed by atoms with van der Waals surface area (Å²) >= 11 is 1.71. The van der Waals surface area contributed by atoms with Gasteiger partial charge in [0.25, 0.3) is 11.8 Å². The molecule has 2 amide bonds. The van der Waals surface area contributed by atoms with Crippen molar-refractivity contribution in [1.29, 1.82) is 0 Å². The predicted molar refractivity (Wildman–Crippen MR) is 102 cm³/mol. The molecular formula is C20H19N3O2S. The average molecular weight is 365 g/mol. The third kappa shape index (κ3) is 3.24. The third-order valence-corrected chi connectivity index (χ3v) is 5.47. The standard InChI is InChI=1S/C20H19N3O2S/c24-18-14-8-2-3-9-15(14)19(25)23(18)12-6-1-7-13-26-20-21-16-10-4-5-11-17(16)22-20/h2-5,8-11H,1,6-7,12-13H2,(H,21,22). The number of rotatable bonds is 7. The molecule has 1 aromatic heterocycles. The van der Waals surface area contributed by atoms with E-state index in [-0.39, 0.29) is 11.8 Å². The molecule has 4 rings (SSSR count). The SMILES string of the molecule is O=C1c2ccccc2C(=O)N1CCCCCSc1nc2ccccc2[nH]1. The number of imide groups is 1. The summed E-state index contributed by atoms with van der Waals surface area (Å²) in [6.45, 7) is 0.488. The molecule has 1 aliphatic rings. The molecule has 0 unspecified atom stereocenters. The van der Waals surface area contributed by atoms with Crippen LogP contribution in [-0.4, -0.2) is 39.0 Å². The molecule has 1 aliphatic heterocycles. The van der Waals surface area contributed by atoms with Crippen molar-refractivity contribution in [3.05, 3.63) is 59.7 Å². The highest BCUT2D eigenvalue weighted by Crippen LogP contribution is 2.23. The van der Waals surface area contributed by atoms with Gasteiger partial charge in [-0.05, 0) is 37.1 Å². The Morgan fingerprint density at radius 2 is 1.58 bits per heavy atom. The van der Waals surface area contributed by atoms with E-state index in [2.05, 4.69) is 9.97 Å². The third-order valence-electron chi connectivity index (χ3n) is 4.51. The molecule has 2 aromatic carbocycles. The minimum atomic E-state index is -0.165. The van der Waals surface area contributed by atoms with Gasteiger partial charge in [0.1, 0.15) is 0 Å². The number of aromatic amines is 1. The summed E-state index contributed by atoms with van der Waals surface area (Å²) in [6.07, 6.45) is 2.82. The number of amides is 2. The molecule has 0 spiro atoms. The second kappa shape index (κ2) is 7.33. The lowest BCUT2D eigenvalue weighted by Crippen LogP contribution is -2.30. The average Bonchev–Trinajstić information content (AvgIpc) is 3.18. The van der Waals surface area contributed by atoms with Gasteiger partial charge in [-0.15, -0.1) is 0 Å². The van der Waals surface area contributed by atoms with Crippen molar-refractivity contribution in [2.45, 2.75) is 24.4 Å². The van der Waals surface area contributed by atoms with Gasteiger partial charge in [-0.2, -0.15) is 0 Å². The maximum atomic E-state index is 12.3. The molecule has 0 bridgehead atoms. The molecule has 3 aromatic rings. The predicted octanol–water partition coefficient (Wildman–Crippen LogP) is 4.12. The zero-order valence-electron chi connectivity index (χ0n) is 14.3. The molecule has 132 valence electrons. The monoisotopic (exact) mass is 365 g/mol. The number of carbonyl (C=O) groups excluding carboxylic acids is 2. The fraction of sp³-hybridized carbons (Fsp3) is 0.250. The van der Waals surface area contributed by atoms with Crippen molar-refractivity contribution in [3.8, 4) is 0 Å². The summed E-state index contributed by atoms with van der Waals surface area (Å²) in [4.78, 5) is 33.8. The van der Waals surface area contributed by atoms with Crippen molar-refractivity contribution in [2.24, 2.45) is 0 Å². The Balaban J connectivity index is 1.21. The number of carbonyl (C=O) groups is 2. The number of hydrogen-bond donors (Lipinski definition) is 1. The van der Waals surface area contributed by atoms with E-state index >= 15 is 0 Å². The number of imidazole rings is 1. The fourth-order valence-corrected chi connectivity index (χ4v) is 4.04. The molecule has 2 heterocycles. The van der Waals surface area contributed by atoms with Crippen LogP contribution in [0.4, 0.5) is 0 Å². The van der Waals surface area contributed by atoms with Crippen molar-refractivity contribution >= 4 is 34.6 Å². The summed E-state index contributed by atoms with van der Waals surface area (Å²) in [7, 11) is 0.